The van der Waals surface area contributed by atoms with Crippen LogP contribution >= 0.6 is 11.8 Å². The minimum atomic E-state index is 0.274. The minimum Gasteiger partial charge on any atom is -0.415 e. The molecule has 0 saturated carbocycles. The molecule has 2 aromatic rings. The lowest BCUT2D eigenvalue weighted by atomic mass is 10.3. The van der Waals surface area contributed by atoms with Crippen LogP contribution in [-0.4, -0.2) is 20.0 Å². The number of hydrogen-bond acceptors (Lipinski definition) is 6. The van der Waals surface area contributed by atoms with Gasteiger partial charge in [0.15, 0.2) is 0 Å². The zero-order valence-electron chi connectivity index (χ0n) is 10.5. The molecular weight excluding hydrogens is 250 g/mol. The maximum atomic E-state index is 5.40. The van der Waals surface area contributed by atoms with E-state index in [9.17, 15) is 0 Å². The van der Waals surface area contributed by atoms with Crippen molar-refractivity contribution in [3.8, 4) is 0 Å². The molecule has 0 radical (unpaired) electrons. The van der Waals surface area contributed by atoms with Crippen molar-refractivity contribution >= 4 is 11.8 Å². The van der Waals surface area contributed by atoms with Crippen molar-refractivity contribution in [1.82, 2.24) is 20.0 Å². The number of nitrogens with two attached hydrogens (primary N) is 1. The first kappa shape index (κ1) is 13.1. The maximum Gasteiger partial charge on any atom is 0.277 e. The summed E-state index contributed by atoms with van der Waals surface area (Å²) in [6.07, 6.45) is 3.07. The van der Waals surface area contributed by atoms with Crippen LogP contribution in [0.25, 0.3) is 0 Å². The molecule has 0 fully saturated rings. The van der Waals surface area contributed by atoms with E-state index in [1.54, 1.807) is 0 Å². The van der Waals surface area contributed by atoms with Crippen molar-refractivity contribution in [3.05, 3.63) is 23.8 Å². The van der Waals surface area contributed by atoms with E-state index in [1.165, 1.54) is 11.8 Å². The topological polar surface area (TPSA) is 82.8 Å². The molecule has 98 valence electrons. The predicted octanol–water partition coefficient (Wildman–Crippen LogP) is 1.99. The van der Waals surface area contributed by atoms with E-state index < -0.39 is 0 Å². The van der Waals surface area contributed by atoms with Gasteiger partial charge >= 0.3 is 0 Å². The van der Waals surface area contributed by atoms with Gasteiger partial charge in [0.1, 0.15) is 0 Å². The first-order chi connectivity index (χ1) is 8.72. The summed E-state index contributed by atoms with van der Waals surface area (Å²) in [6.45, 7) is 4.57. The van der Waals surface area contributed by atoms with E-state index in [0.29, 0.717) is 17.2 Å². The maximum absolute atomic E-state index is 5.40. The van der Waals surface area contributed by atoms with E-state index in [1.807, 2.05) is 16.9 Å². The quantitative estimate of drug-likeness (QED) is 0.806. The molecule has 0 saturated heterocycles. The molecule has 0 bridgehead atoms. The highest BCUT2D eigenvalue weighted by Gasteiger charge is 2.08. The van der Waals surface area contributed by atoms with Gasteiger partial charge in [-0.15, -0.1) is 10.2 Å². The molecule has 1 unspecified atom stereocenters. The number of nitrogens with zero attached hydrogens (tertiary/aromatic N) is 4. The van der Waals surface area contributed by atoms with E-state index >= 15 is 0 Å². The number of thioether (sulfide) groups is 1. The first-order valence-corrected chi connectivity index (χ1v) is 6.90. The summed E-state index contributed by atoms with van der Waals surface area (Å²) in [5.74, 6) is 1.18. The van der Waals surface area contributed by atoms with Crippen molar-refractivity contribution in [3.63, 3.8) is 0 Å². The highest BCUT2D eigenvalue weighted by molar-refractivity contribution is 7.98. The third kappa shape index (κ3) is 3.11. The van der Waals surface area contributed by atoms with Gasteiger partial charge in [-0.05, 0) is 19.4 Å². The molecule has 18 heavy (non-hydrogen) atoms. The fourth-order valence-corrected chi connectivity index (χ4v) is 2.08. The highest BCUT2D eigenvalue weighted by atomic mass is 32.2. The average Bonchev–Trinajstić information content (AvgIpc) is 3.04. The Bertz CT molecular complexity index is 495. The van der Waals surface area contributed by atoms with E-state index in [4.69, 9.17) is 10.2 Å². The van der Waals surface area contributed by atoms with Crippen molar-refractivity contribution in [2.75, 3.05) is 0 Å². The van der Waals surface area contributed by atoms with Gasteiger partial charge in [0.2, 0.25) is 5.89 Å². The van der Waals surface area contributed by atoms with Gasteiger partial charge in [-0.1, -0.05) is 18.7 Å². The molecule has 0 aliphatic carbocycles. The Morgan fingerprint density at radius 3 is 3.00 bits per heavy atom. The number of hydrogen-bond donors (Lipinski definition) is 1. The summed E-state index contributed by atoms with van der Waals surface area (Å²) in [5, 5.41) is 12.7. The van der Waals surface area contributed by atoms with Gasteiger partial charge in [-0.2, -0.15) is 5.10 Å². The largest absolute Gasteiger partial charge is 0.415 e. The molecule has 1 atom stereocenters. The van der Waals surface area contributed by atoms with Crippen molar-refractivity contribution in [2.24, 2.45) is 5.73 Å². The Morgan fingerprint density at radius 1 is 1.50 bits per heavy atom. The molecule has 6 nitrogen and oxygen atoms in total. The second-order valence-electron chi connectivity index (χ2n) is 4.00. The van der Waals surface area contributed by atoms with Crippen LogP contribution in [0.4, 0.5) is 0 Å². The molecular formula is C11H17N5OS. The molecule has 2 rings (SSSR count). The van der Waals surface area contributed by atoms with Gasteiger partial charge < -0.3 is 10.2 Å². The molecule has 2 aromatic heterocycles. The second kappa shape index (κ2) is 6.01. The van der Waals surface area contributed by atoms with E-state index in [0.717, 1.165) is 17.9 Å². The normalized spacial score (nSPS) is 12.8. The van der Waals surface area contributed by atoms with Crippen molar-refractivity contribution < 1.29 is 4.42 Å². The lowest BCUT2D eigenvalue weighted by Gasteiger charge is -2.07. The summed E-state index contributed by atoms with van der Waals surface area (Å²) in [5.41, 5.74) is 6.41. The SMILES string of the molecule is CCC(C)n1ccc(CSc2nnc(CN)o2)n1. The monoisotopic (exact) mass is 267 g/mol. The van der Waals surface area contributed by atoms with Gasteiger partial charge in [0.05, 0.1) is 12.2 Å². The zero-order valence-corrected chi connectivity index (χ0v) is 11.4. The number of rotatable bonds is 6. The van der Waals surface area contributed by atoms with Crippen LogP contribution in [0.1, 0.15) is 37.9 Å². The highest BCUT2D eigenvalue weighted by Crippen LogP contribution is 2.21. The predicted molar refractivity (Wildman–Crippen MR) is 69.0 cm³/mol. The summed E-state index contributed by atoms with van der Waals surface area (Å²) in [6, 6.07) is 2.44. The molecule has 0 amide bonds. The second-order valence-corrected chi connectivity index (χ2v) is 4.93. The van der Waals surface area contributed by atoms with Crippen LogP contribution < -0.4 is 5.73 Å². The first-order valence-electron chi connectivity index (χ1n) is 5.92. The molecule has 7 heteroatoms. The zero-order chi connectivity index (χ0) is 13.0. The van der Waals surface area contributed by atoms with Crippen molar-refractivity contribution in [2.45, 2.75) is 43.8 Å². The Balaban J connectivity index is 1.91. The summed E-state index contributed by atoms with van der Waals surface area (Å²) in [4.78, 5) is 0. The van der Waals surface area contributed by atoms with Gasteiger partial charge in [0, 0.05) is 18.0 Å². The minimum absolute atomic E-state index is 0.274. The van der Waals surface area contributed by atoms with Gasteiger partial charge in [-0.3, -0.25) is 4.68 Å². The Morgan fingerprint density at radius 2 is 2.33 bits per heavy atom. The van der Waals surface area contributed by atoms with Gasteiger partial charge in [-0.25, -0.2) is 0 Å². The van der Waals surface area contributed by atoms with E-state index in [2.05, 4.69) is 29.1 Å². The van der Waals surface area contributed by atoms with E-state index in [-0.39, 0.29) is 6.54 Å². The Labute approximate surface area is 110 Å². The fraction of sp³-hybridized carbons (Fsp3) is 0.545. The molecule has 2 N–H and O–H groups in total. The fourth-order valence-electron chi connectivity index (χ4n) is 1.40. The molecule has 0 aliphatic rings. The van der Waals surface area contributed by atoms with Crippen LogP contribution in [0, 0.1) is 0 Å². The third-order valence-corrected chi connectivity index (χ3v) is 3.52. The Kier molecular flexibility index (Phi) is 4.38. The summed E-state index contributed by atoms with van der Waals surface area (Å²) in [7, 11) is 0. The van der Waals surface area contributed by atoms with Crippen LogP contribution in [0.3, 0.4) is 0 Å². The van der Waals surface area contributed by atoms with Crippen LogP contribution in [0.15, 0.2) is 21.9 Å². The molecule has 0 aromatic carbocycles. The molecule has 0 aliphatic heterocycles. The summed E-state index contributed by atoms with van der Waals surface area (Å²) >= 11 is 1.47. The van der Waals surface area contributed by atoms with Crippen LogP contribution in [-0.2, 0) is 12.3 Å². The smallest absolute Gasteiger partial charge is 0.277 e. The van der Waals surface area contributed by atoms with Crippen molar-refractivity contribution in [1.29, 1.82) is 0 Å². The number of aromatic nitrogens is 4. The molecule has 2 heterocycles. The molecule has 0 spiro atoms. The average molecular weight is 267 g/mol. The standard InChI is InChI=1S/C11H17N5OS/c1-3-8(2)16-5-4-9(15-16)7-18-11-14-13-10(6-12)17-11/h4-5,8H,3,6-7,12H2,1-2H3. The van der Waals surface area contributed by atoms with Crippen LogP contribution in [0.2, 0.25) is 0 Å². The Hall–Kier alpha value is -1.34. The summed E-state index contributed by atoms with van der Waals surface area (Å²) < 4.78 is 7.29. The van der Waals surface area contributed by atoms with Gasteiger partial charge in [0.25, 0.3) is 5.22 Å². The lowest BCUT2D eigenvalue weighted by molar-refractivity contribution is 0.414. The third-order valence-electron chi connectivity index (χ3n) is 2.67. The van der Waals surface area contributed by atoms with Crippen LogP contribution in [0.5, 0.6) is 0 Å². The lowest BCUT2D eigenvalue weighted by Crippen LogP contribution is -2.04.